The van der Waals surface area contributed by atoms with Crippen molar-refractivity contribution in [2.45, 2.75) is 165 Å². The standard InChI is InChI=1S/C68H88N14O13/c1-38(2)31-49-61(88)80-54(34-41-17-9-6-10-18-41)68(95)82-30-14-22-55(82)66(93)79-52(35-43-37-72-46-20-12-11-19-45(43)46)63(90)77-50(32-40-15-7-5-8-16-40)62(89)78-53(36-57(71)85)64(91)73-48(27-28-56(70)84)60(87)76-51(33-42-23-25-44(83)26-24-42)65(92)81-58(39(3)4)67(94)74-47(21-13-29-69)59(86)75-49/h5-12,15-20,23-26,37-39,47-55,58,72,83H,13-14,21-22,27-36,69H2,1-4H3,(H2,70,84)(H2,71,85)(H,73,91)(H,74,94)(H,75,86)(H,76,87)(H,77,90)(H,78,89)(H,79,93)(H,80,88)(H,81,92)/t47-,48-,49-,50+,51-,52-,53-,54+,55-,58-/m0/s1. The number of phenols is 1. The van der Waals surface area contributed by atoms with Gasteiger partial charge < -0.3 is 80.0 Å². The number of hydrogen-bond donors (Lipinski definition) is 14. The van der Waals surface area contributed by atoms with Crippen LogP contribution in [0, 0.1) is 11.8 Å². The van der Waals surface area contributed by atoms with Crippen molar-refractivity contribution in [3.8, 4) is 5.75 Å². The summed E-state index contributed by atoms with van der Waals surface area (Å²) in [5.74, 6) is -11.9. The van der Waals surface area contributed by atoms with Gasteiger partial charge >= 0.3 is 0 Å². The topological polar surface area (TPSA) is 430 Å². The number of hydrogen-bond acceptors (Lipinski definition) is 14. The second-order valence-electron chi connectivity index (χ2n) is 25.0. The smallest absolute Gasteiger partial charge is 0.246 e. The molecule has 2 saturated heterocycles. The third kappa shape index (κ3) is 21.2. The SMILES string of the molecule is CC(C)C[C@@H]1NC(=O)[C@H](CCCN)NC(=O)[C@H](C(C)C)NC(=O)[C@H](Cc2ccc(O)cc2)NC(=O)[C@H](CCC(N)=O)NC(=O)[C@H](CC(N)=O)NC(=O)[C@@H](Cc2ccccc2)NC(=O)[C@H](Cc2c[nH]c3ccccc23)NC(=O)[C@@H]2CCCN2C(=O)[C@@H](Cc2ccccc2)NC1=O. The first-order valence-corrected chi connectivity index (χ1v) is 32.1. The van der Waals surface area contributed by atoms with Crippen LogP contribution in [0.4, 0.5) is 0 Å². The lowest BCUT2D eigenvalue weighted by Gasteiger charge is -2.32. The summed E-state index contributed by atoms with van der Waals surface area (Å²) in [6, 6.07) is 15.4. The van der Waals surface area contributed by atoms with E-state index in [1.54, 1.807) is 86.8 Å². The van der Waals surface area contributed by atoms with E-state index in [0.29, 0.717) is 39.6 Å². The molecule has 12 amide bonds. The lowest BCUT2D eigenvalue weighted by molar-refractivity contribution is -0.142. The molecule has 2 aliphatic rings. The maximum Gasteiger partial charge on any atom is 0.246 e. The Kier molecular flexibility index (Phi) is 26.3. The molecule has 7 rings (SSSR count). The Morgan fingerprint density at radius 2 is 0.968 bits per heavy atom. The fraction of sp³-hybridized carbons (Fsp3) is 0.441. The van der Waals surface area contributed by atoms with Crippen molar-refractivity contribution >= 4 is 81.8 Å². The molecule has 0 radical (unpaired) electrons. The van der Waals surface area contributed by atoms with Crippen molar-refractivity contribution in [3.63, 3.8) is 0 Å². The molecule has 17 N–H and O–H groups in total. The number of nitrogens with two attached hydrogens (primary N) is 3. The molecule has 0 unspecified atom stereocenters. The Bertz CT molecular complexity index is 3530. The zero-order valence-corrected chi connectivity index (χ0v) is 53.8. The number of aromatic nitrogens is 1. The van der Waals surface area contributed by atoms with E-state index in [1.807, 2.05) is 32.0 Å². The third-order valence-electron chi connectivity index (χ3n) is 16.7. The van der Waals surface area contributed by atoms with Crippen LogP contribution in [-0.4, -0.2) is 159 Å². The van der Waals surface area contributed by atoms with Crippen molar-refractivity contribution in [3.05, 3.63) is 138 Å². The Balaban J connectivity index is 1.33. The van der Waals surface area contributed by atoms with Gasteiger partial charge in [0.1, 0.15) is 66.2 Å². The van der Waals surface area contributed by atoms with E-state index in [4.69, 9.17) is 17.2 Å². The van der Waals surface area contributed by atoms with Crippen molar-refractivity contribution in [1.29, 1.82) is 0 Å². The third-order valence-corrected chi connectivity index (χ3v) is 16.7. The average Bonchev–Trinajstić information content (AvgIpc) is 1.77. The predicted octanol–water partition coefficient (Wildman–Crippen LogP) is 0.0938. The first-order chi connectivity index (χ1) is 45.4. The Morgan fingerprint density at radius 3 is 1.55 bits per heavy atom. The molecule has 10 atom stereocenters. The molecule has 0 spiro atoms. The highest BCUT2D eigenvalue weighted by Crippen LogP contribution is 2.24. The highest BCUT2D eigenvalue weighted by molar-refractivity contribution is 6.01. The summed E-state index contributed by atoms with van der Waals surface area (Å²) < 4.78 is 0. The molecule has 4 aromatic carbocycles. The second-order valence-corrected chi connectivity index (χ2v) is 25.0. The number of nitrogens with one attached hydrogen (secondary N) is 10. The number of aromatic hydroxyl groups is 1. The van der Waals surface area contributed by atoms with E-state index in [2.05, 4.69) is 52.8 Å². The number of carbonyl (C=O) groups is 12. The van der Waals surface area contributed by atoms with E-state index >= 15 is 14.4 Å². The number of primary amides is 2. The lowest BCUT2D eigenvalue weighted by atomic mass is 9.98. The number of H-pyrrole nitrogens is 1. The molecule has 0 saturated carbocycles. The number of nitrogens with zero attached hydrogens (tertiary/aromatic N) is 1. The average molecular weight is 1310 g/mol. The second kappa shape index (κ2) is 34.6. The van der Waals surface area contributed by atoms with Gasteiger partial charge in [0, 0.05) is 55.7 Å². The minimum atomic E-state index is -1.86. The highest BCUT2D eigenvalue weighted by Gasteiger charge is 2.42. The summed E-state index contributed by atoms with van der Waals surface area (Å²) in [7, 11) is 0. The quantitative estimate of drug-likeness (QED) is 0.0522. The van der Waals surface area contributed by atoms with E-state index < -0.39 is 156 Å². The van der Waals surface area contributed by atoms with Crippen LogP contribution in [0.1, 0.15) is 101 Å². The van der Waals surface area contributed by atoms with E-state index in [-0.39, 0.29) is 76.1 Å². The number of carbonyl (C=O) groups excluding carboxylic acids is 12. The summed E-state index contributed by atoms with van der Waals surface area (Å²) in [6.07, 6.45) is -0.196. The van der Waals surface area contributed by atoms with Crippen molar-refractivity contribution < 1.29 is 62.6 Å². The summed E-state index contributed by atoms with van der Waals surface area (Å²) in [5.41, 5.74) is 20.0. The normalized spacial score (nSPS) is 23.6. The molecule has 0 bridgehead atoms. The van der Waals surface area contributed by atoms with Crippen molar-refractivity contribution in [2.75, 3.05) is 13.1 Å². The molecular formula is C68H88N14O13. The first-order valence-electron chi connectivity index (χ1n) is 32.1. The molecule has 1 aromatic heterocycles. The van der Waals surface area contributed by atoms with Crippen LogP contribution in [0.2, 0.25) is 0 Å². The number of benzene rings is 4. The fourth-order valence-electron chi connectivity index (χ4n) is 11.6. The summed E-state index contributed by atoms with van der Waals surface area (Å²) in [6.45, 7) is 7.04. The molecule has 27 heteroatoms. The zero-order chi connectivity index (χ0) is 68.9. The van der Waals surface area contributed by atoms with Crippen LogP contribution in [0.15, 0.2) is 115 Å². The van der Waals surface area contributed by atoms with Crippen LogP contribution in [0.25, 0.3) is 10.9 Å². The largest absolute Gasteiger partial charge is 0.508 e. The van der Waals surface area contributed by atoms with Crippen molar-refractivity contribution in [2.24, 2.45) is 29.0 Å². The maximum absolute atomic E-state index is 15.2. The number of para-hydroxylation sites is 1. The first kappa shape index (κ1) is 72.2. The van der Waals surface area contributed by atoms with Gasteiger partial charge in [-0.05, 0) is 97.4 Å². The Labute approximate surface area is 550 Å². The Hall–Kier alpha value is -10.2. The number of fused-ring (bicyclic) bond motifs is 2. The van der Waals surface area contributed by atoms with Gasteiger partial charge in [0.2, 0.25) is 70.9 Å². The number of aromatic amines is 1. The van der Waals surface area contributed by atoms with Crippen LogP contribution in [0.3, 0.4) is 0 Å². The minimum Gasteiger partial charge on any atom is -0.508 e. The Morgan fingerprint density at radius 1 is 0.505 bits per heavy atom. The molecular weight excluding hydrogens is 1220 g/mol. The summed E-state index contributed by atoms with van der Waals surface area (Å²) in [5, 5.41) is 35.2. The van der Waals surface area contributed by atoms with Crippen LogP contribution in [-0.2, 0) is 83.2 Å². The fourth-order valence-corrected chi connectivity index (χ4v) is 11.6. The summed E-state index contributed by atoms with van der Waals surface area (Å²) >= 11 is 0. The van der Waals surface area contributed by atoms with Gasteiger partial charge in [0.25, 0.3) is 0 Å². The summed E-state index contributed by atoms with van der Waals surface area (Å²) in [4.78, 5) is 178. The van der Waals surface area contributed by atoms with E-state index in [0.717, 1.165) is 0 Å². The van der Waals surface area contributed by atoms with Crippen LogP contribution >= 0.6 is 0 Å². The lowest BCUT2D eigenvalue weighted by Crippen LogP contribution is -2.62. The van der Waals surface area contributed by atoms with E-state index in [9.17, 15) is 48.3 Å². The molecule has 3 heterocycles. The molecule has 0 aliphatic carbocycles. The van der Waals surface area contributed by atoms with Crippen molar-refractivity contribution in [1.82, 2.24) is 57.7 Å². The maximum atomic E-state index is 15.2. The highest BCUT2D eigenvalue weighted by atomic mass is 16.3. The molecule has 2 fully saturated rings. The van der Waals surface area contributed by atoms with Gasteiger partial charge in [-0.3, -0.25) is 57.5 Å². The number of rotatable bonds is 19. The minimum absolute atomic E-state index is 0.0309. The molecule has 95 heavy (non-hydrogen) atoms. The van der Waals surface area contributed by atoms with Gasteiger partial charge in [-0.1, -0.05) is 119 Å². The monoisotopic (exact) mass is 1310 g/mol. The van der Waals surface area contributed by atoms with Gasteiger partial charge in [0.15, 0.2) is 0 Å². The van der Waals surface area contributed by atoms with Crippen LogP contribution < -0.4 is 65.1 Å². The molecule has 2 aliphatic heterocycles. The molecule has 508 valence electrons. The number of amides is 12. The predicted molar refractivity (Wildman–Crippen MR) is 351 cm³/mol. The number of phenolic OH excluding ortho intramolecular Hbond substituents is 1. The van der Waals surface area contributed by atoms with Gasteiger partial charge in [0.05, 0.1) is 6.42 Å². The van der Waals surface area contributed by atoms with Crippen LogP contribution in [0.5, 0.6) is 5.75 Å². The van der Waals surface area contributed by atoms with E-state index in [1.165, 1.54) is 29.2 Å². The van der Waals surface area contributed by atoms with Gasteiger partial charge in [-0.2, -0.15) is 0 Å². The zero-order valence-electron chi connectivity index (χ0n) is 53.8. The molecule has 27 nitrogen and oxygen atoms in total. The van der Waals surface area contributed by atoms with Gasteiger partial charge in [-0.15, -0.1) is 0 Å². The van der Waals surface area contributed by atoms with Gasteiger partial charge in [-0.25, -0.2) is 0 Å². The molecule has 5 aromatic rings.